The summed E-state index contributed by atoms with van der Waals surface area (Å²) in [5, 5.41) is 7.28. The molecule has 0 heterocycles. The number of benzene rings is 1. The molecule has 4 nitrogen and oxygen atoms in total. The van der Waals surface area contributed by atoms with Crippen LogP contribution in [0.15, 0.2) is 24.3 Å². The van der Waals surface area contributed by atoms with E-state index in [2.05, 4.69) is 0 Å². The lowest BCUT2D eigenvalue weighted by Gasteiger charge is -2.11. The normalized spacial score (nSPS) is 12.4. The van der Waals surface area contributed by atoms with Crippen molar-refractivity contribution in [3.05, 3.63) is 35.4 Å². The highest BCUT2D eigenvalue weighted by Crippen LogP contribution is 2.12. The molecule has 76 valence electrons. The van der Waals surface area contributed by atoms with E-state index < -0.39 is 0 Å². The van der Waals surface area contributed by atoms with Gasteiger partial charge >= 0.3 is 0 Å². The van der Waals surface area contributed by atoms with Crippen molar-refractivity contribution in [2.24, 2.45) is 11.5 Å². The molecule has 0 fully saturated rings. The van der Waals surface area contributed by atoms with Crippen LogP contribution in [0.3, 0.4) is 0 Å². The molecule has 0 saturated heterocycles. The van der Waals surface area contributed by atoms with Crippen molar-refractivity contribution in [3.8, 4) is 0 Å². The Labute approximate surface area is 83.4 Å². The number of methoxy groups -OCH3 is 1. The largest absolute Gasteiger partial charge is 0.384 e. The van der Waals surface area contributed by atoms with Gasteiger partial charge < -0.3 is 16.2 Å². The van der Waals surface area contributed by atoms with E-state index in [1.807, 2.05) is 18.2 Å². The number of rotatable bonds is 4. The number of hydrogen-bond donors (Lipinski definition) is 3. The fourth-order valence-corrected chi connectivity index (χ4v) is 1.21. The Morgan fingerprint density at radius 3 is 2.86 bits per heavy atom. The fraction of sp³-hybridized carbons (Fsp3) is 0.300. The van der Waals surface area contributed by atoms with E-state index in [9.17, 15) is 0 Å². The zero-order valence-electron chi connectivity index (χ0n) is 8.16. The topological polar surface area (TPSA) is 85.1 Å². The molecule has 1 rings (SSSR count). The van der Waals surface area contributed by atoms with Crippen LogP contribution in [0.5, 0.6) is 0 Å². The fourth-order valence-electron chi connectivity index (χ4n) is 1.21. The summed E-state index contributed by atoms with van der Waals surface area (Å²) in [6.45, 7) is 0.460. The lowest BCUT2D eigenvalue weighted by atomic mass is 10.0. The van der Waals surface area contributed by atoms with Gasteiger partial charge in [-0.05, 0) is 11.6 Å². The summed E-state index contributed by atoms with van der Waals surface area (Å²) in [4.78, 5) is 0. The maximum absolute atomic E-state index is 7.28. The van der Waals surface area contributed by atoms with Gasteiger partial charge in [-0.25, -0.2) is 0 Å². The maximum Gasteiger partial charge on any atom is 0.122 e. The number of hydrogen-bond acceptors (Lipinski definition) is 3. The lowest BCUT2D eigenvalue weighted by molar-refractivity contribution is 0.181. The molecule has 0 aliphatic rings. The first kappa shape index (κ1) is 10.7. The number of ether oxygens (including phenoxy) is 1. The summed E-state index contributed by atoms with van der Waals surface area (Å²) in [5.74, 6) is 0.0523. The van der Waals surface area contributed by atoms with Gasteiger partial charge in [-0.3, -0.25) is 5.41 Å². The third-order valence-electron chi connectivity index (χ3n) is 1.97. The molecule has 0 saturated carbocycles. The van der Waals surface area contributed by atoms with E-state index in [1.54, 1.807) is 13.2 Å². The molecule has 0 aliphatic carbocycles. The zero-order chi connectivity index (χ0) is 10.6. The first-order valence-electron chi connectivity index (χ1n) is 4.34. The molecule has 5 N–H and O–H groups in total. The molecule has 0 amide bonds. The predicted octanol–water partition coefficient (Wildman–Crippen LogP) is 0.617. The van der Waals surface area contributed by atoms with Gasteiger partial charge in [0.25, 0.3) is 0 Å². The van der Waals surface area contributed by atoms with E-state index in [0.717, 1.165) is 5.56 Å². The van der Waals surface area contributed by atoms with Gasteiger partial charge in [-0.1, -0.05) is 18.2 Å². The number of nitrogen functional groups attached to an aromatic ring is 1. The summed E-state index contributed by atoms with van der Waals surface area (Å²) in [6.07, 6.45) is 0. The quantitative estimate of drug-likeness (QED) is 0.484. The molecule has 14 heavy (non-hydrogen) atoms. The van der Waals surface area contributed by atoms with Gasteiger partial charge in [0.05, 0.1) is 12.6 Å². The Hall–Kier alpha value is -1.39. The monoisotopic (exact) mass is 193 g/mol. The predicted molar refractivity (Wildman–Crippen MR) is 56.3 cm³/mol. The van der Waals surface area contributed by atoms with Crippen LogP contribution in [0.25, 0.3) is 0 Å². The van der Waals surface area contributed by atoms with Crippen LogP contribution in [0, 0.1) is 5.41 Å². The highest BCUT2D eigenvalue weighted by molar-refractivity contribution is 5.95. The van der Waals surface area contributed by atoms with Gasteiger partial charge in [-0.2, -0.15) is 0 Å². The summed E-state index contributed by atoms with van der Waals surface area (Å²) in [5.41, 5.74) is 12.8. The highest BCUT2D eigenvalue weighted by Gasteiger charge is 2.06. The minimum absolute atomic E-state index is 0.0523. The Bertz CT molecular complexity index is 325. The average Bonchev–Trinajstić information content (AvgIpc) is 2.18. The molecule has 0 bridgehead atoms. The molecule has 4 heteroatoms. The molecule has 0 aromatic heterocycles. The number of amidine groups is 1. The molecule has 0 radical (unpaired) electrons. The van der Waals surface area contributed by atoms with Crippen LogP contribution in [0.1, 0.15) is 17.2 Å². The van der Waals surface area contributed by atoms with Crippen LogP contribution in [0.4, 0.5) is 0 Å². The third-order valence-corrected chi connectivity index (χ3v) is 1.97. The zero-order valence-corrected chi connectivity index (χ0v) is 8.16. The summed E-state index contributed by atoms with van der Waals surface area (Å²) < 4.78 is 4.95. The van der Waals surface area contributed by atoms with Gasteiger partial charge in [0.1, 0.15) is 5.84 Å². The number of nitrogens with one attached hydrogen (secondary N) is 1. The summed E-state index contributed by atoms with van der Waals surface area (Å²) in [7, 11) is 1.61. The molecule has 1 unspecified atom stereocenters. The van der Waals surface area contributed by atoms with E-state index in [0.29, 0.717) is 12.2 Å². The van der Waals surface area contributed by atoms with Crippen LogP contribution in [-0.2, 0) is 4.74 Å². The molecular weight excluding hydrogens is 178 g/mol. The number of nitrogens with two attached hydrogens (primary N) is 2. The Balaban J connectivity index is 2.87. The summed E-state index contributed by atoms with van der Waals surface area (Å²) >= 11 is 0. The molecular formula is C10H15N3O. The van der Waals surface area contributed by atoms with Gasteiger partial charge in [0, 0.05) is 12.7 Å². The van der Waals surface area contributed by atoms with Crippen molar-refractivity contribution in [1.29, 1.82) is 5.41 Å². The molecule has 0 spiro atoms. The SMILES string of the molecule is COCC(N)c1cccc(C(=N)N)c1. The van der Waals surface area contributed by atoms with Crippen LogP contribution in [-0.4, -0.2) is 19.6 Å². The van der Waals surface area contributed by atoms with Gasteiger partial charge in [-0.15, -0.1) is 0 Å². The smallest absolute Gasteiger partial charge is 0.122 e. The van der Waals surface area contributed by atoms with E-state index in [-0.39, 0.29) is 11.9 Å². The second kappa shape index (κ2) is 4.74. The Kier molecular flexibility index (Phi) is 3.62. The first-order valence-corrected chi connectivity index (χ1v) is 4.34. The van der Waals surface area contributed by atoms with E-state index >= 15 is 0 Å². The first-order chi connectivity index (χ1) is 6.65. The third kappa shape index (κ3) is 2.55. The van der Waals surface area contributed by atoms with Crippen molar-refractivity contribution < 1.29 is 4.74 Å². The van der Waals surface area contributed by atoms with Crippen LogP contribution < -0.4 is 11.5 Å². The van der Waals surface area contributed by atoms with Crippen molar-refractivity contribution >= 4 is 5.84 Å². The minimum atomic E-state index is -0.167. The van der Waals surface area contributed by atoms with Crippen LogP contribution >= 0.6 is 0 Å². The average molecular weight is 193 g/mol. The molecule has 1 aromatic carbocycles. The maximum atomic E-state index is 7.28. The molecule has 0 aliphatic heterocycles. The van der Waals surface area contributed by atoms with Crippen molar-refractivity contribution in [2.75, 3.05) is 13.7 Å². The van der Waals surface area contributed by atoms with Crippen molar-refractivity contribution in [2.45, 2.75) is 6.04 Å². The molecule has 1 aromatic rings. The highest BCUT2D eigenvalue weighted by atomic mass is 16.5. The Morgan fingerprint density at radius 1 is 1.57 bits per heavy atom. The van der Waals surface area contributed by atoms with E-state index in [4.69, 9.17) is 21.6 Å². The Morgan fingerprint density at radius 2 is 2.29 bits per heavy atom. The van der Waals surface area contributed by atoms with Crippen LogP contribution in [0.2, 0.25) is 0 Å². The van der Waals surface area contributed by atoms with E-state index in [1.165, 1.54) is 0 Å². The van der Waals surface area contributed by atoms with Gasteiger partial charge in [0.2, 0.25) is 0 Å². The van der Waals surface area contributed by atoms with Crippen molar-refractivity contribution in [3.63, 3.8) is 0 Å². The second-order valence-electron chi connectivity index (χ2n) is 3.10. The lowest BCUT2D eigenvalue weighted by Crippen LogP contribution is -2.17. The second-order valence-corrected chi connectivity index (χ2v) is 3.10. The van der Waals surface area contributed by atoms with Crippen molar-refractivity contribution in [1.82, 2.24) is 0 Å². The molecule has 1 atom stereocenters. The van der Waals surface area contributed by atoms with Gasteiger partial charge in [0.15, 0.2) is 0 Å². The minimum Gasteiger partial charge on any atom is -0.384 e. The summed E-state index contributed by atoms with van der Waals surface area (Å²) in [6, 6.07) is 7.16. The standard InChI is InChI=1S/C10H15N3O/c1-14-6-9(11)7-3-2-4-8(5-7)10(12)13/h2-5,9H,6,11H2,1H3,(H3,12,13).